The van der Waals surface area contributed by atoms with Gasteiger partial charge in [-0.2, -0.15) is 0 Å². The largest absolute Gasteiger partial charge is 0.394 e. The van der Waals surface area contributed by atoms with Crippen LogP contribution in [-0.2, 0) is 9.47 Å². The van der Waals surface area contributed by atoms with Crippen molar-refractivity contribution in [1.29, 1.82) is 0 Å². The van der Waals surface area contributed by atoms with E-state index >= 15 is 0 Å². The minimum atomic E-state index is -1.13. The standard InChI is InChI=1S/C10H19NO5/c1-3-4-15-10-7(11-2)9(14)8(13)6(5-12)16-10/h3,6-14H,1,4-5H2,2H3/t6-,7-,8-,9-,10?/m1/s1. The molecule has 1 unspecified atom stereocenters. The van der Waals surface area contributed by atoms with Crippen molar-refractivity contribution in [2.75, 3.05) is 20.3 Å². The van der Waals surface area contributed by atoms with E-state index in [1.807, 2.05) is 0 Å². The summed E-state index contributed by atoms with van der Waals surface area (Å²) in [7, 11) is 1.63. The number of nitrogens with one attached hydrogen (secondary N) is 1. The zero-order valence-corrected chi connectivity index (χ0v) is 9.24. The Labute approximate surface area is 94.5 Å². The Balaban J connectivity index is 2.68. The first-order valence-corrected chi connectivity index (χ1v) is 5.18. The van der Waals surface area contributed by atoms with Crippen LogP contribution in [0.15, 0.2) is 12.7 Å². The van der Waals surface area contributed by atoms with Crippen LogP contribution in [0.4, 0.5) is 0 Å². The van der Waals surface area contributed by atoms with Crippen LogP contribution in [0.2, 0.25) is 0 Å². The van der Waals surface area contributed by atoms with Crippen molar-refractivity contribution in [2.45, 2.75) is 30.6 Å². The molecule has 0 saturated carbocycles. The molecular weight excluding hydrogens is 214 g/mol. The van der Waals surface area contributed by atoms with Crippen LogP contribution >= 0.6 is 0 Å². The van der Waals surface area contributed by atoms with E-state index in [1.54, 1.807) is 13.1 Å². The van der Waals surface area contributed by atoms with Crippen LogP contribution < -0.4 is 5.32 Å². The molecule has 0 aromatic heterocycles. The fraction of sp³-hybridized carbons (Fsp3) is 0.800. The average molecular weight is 233 g/mol. The highest BCUT2D eigenvalue weighted by atomic mass is 16.7. The third-order valence-electron chi connectivity index (χ3n) is 2.59. The quantitative estimate of drug-likeness (QED) is 0.420. The molecule has 6 nitrogen and oxygen atoms in total. The molecule has 94 valence electrons. The summed E-state index contributed by atoms with van der Waals surface area (Å²) in [6.45, 7) is 3.40. The number of likely N-dealkylation sites (N-methyl/N-ethyl adjacent to an activating group) is 1. The van der Waals surface area contributed by atoms with E-state index in [0.29, 0.717) is 0 Å². The van der Waals surface area contributed by atoms with Crippen LogP contribution in [0.3, 0.4) is 0 Å². The van der Waals surface area contributed by atoms with Crippen molar-refractivity contribution in [3.8, 4) is 0 Å². The summed E-state index contributed by atoms with van der Waals surface area (Å²) in [6, 6.07) is -0.544. The maximum Gasteiger partial charge on any atom is 0.176 e. The molecule has 0 aromatic rings. The molecule has 1 saturated heterocycles. The van der Waals surface area contributed by atoms with Gasteiger partial charge in [0.2, 0.25) is 0 Å². The highest BCUT2D eigenvalue weighted by Gasteiger charge is 2.43. The Morgan fingerprint density at radius 3 is 2.62 bits per heavy atom. The lowest BCUT2D eigenvalue weighted by atomic mass is 9.97. The van der Waals surface area contributed by atoms with Gasteiger partial charge in [-0.15, -0.1) is 6.58 Å². The predicted octanol–water partition coefficient (Wildman–Crippen LogP) is -1.78. The maximum absolute atomic E-state index is 9.80. The molecule has 4 N–H and O–H groups in total. The summed E-state index contributed by atoms with van der Waals surface area (Å²) in [4.78, 5) is 0. The Kier molecular flexibility index (Phi) is 5.33. The van der Waals surface area contributed by atoms with E-state index in [0.717, 1.165) is 0 Å². The number of ether oxygens (including phenoxy) is 2. The predicted molar refractivity (Wildman–Crippen MR) is 56.8 cm³/mol. The fourth-order valence-corrected chi connectivity index (χ4v) is 1.69. The minimum Gasteiger partial charge on any atom is -0.394 e. The van der Waals surface area contributed by atoms with E-state index < -0.39 is 30.6 Å². The van der Waals surface area contributed by atoms with Crippen molar-refractivity contribution >= 4 is 0 Å². The number of hydrogen-bond acceptors (Lipinski definition) is 6. The molecular formula is C10H19NO5. The highest BCUT2D eigenvalue weighted by molar-refractivity contribution is 4.92. The lowest BCUT2D eigenvalue weighted by Crippen LogP contribution is -2.63. The summed E-state index contributed by atoms with van der Waals surface area (Å²) in [5.74, 6) is 0. The van der Waals surface area contributed by atoms with Gasteiger partial charge < -0.3 is 30.1 Å². The molecule has 5 atom stereocenters. The van der Waals surface area contributed by atoms with Gasteiger partial charge in [-0.25, -0.2) is 0 Å². The first-order chi connectivity index (χ1) is 7.65. The summed E-state index contributed by atoms with van der Waals surface area (Å²) < 4.78 is 10.6. The molecule has 1 aliphatic heterocycles. The lowest BCUT2D eigenvalue weighted by Gasteiger charge is -2.41. The van der Waals surface area contributed by atoms with Gasteiger partial charge in [0, 0.05) is 0 Å². The van der Waals surface area contributed by atoms with Crippen LogP contribution in [0.1, 0.15) is 0 Å². The monoisotopic (exact) mass is 233 g/mol. The van der Waals surface area contributed by atoms with Gasteiger partial charge in [0.1, 0.15) is 18.3 Å². The molecule has 1 rings (SSSR count). The molecule has 1 heterocycles. The smallest absolute Gasteiger partial charge is 0.176 e. The first-order valence-electron chi connectivity index (χ1n) is 5.18. The Morgan fingerprint density at radius 2 is 2.12 bits per heavy atom. The molecule has 1 fully saturated rings. The zero-order valence-electron chi connectivity index (χ0n) is 9.24. The maximum atomic E-state index is 9.80. The molecule has 0 aromatic carbocycles. The fourth-order valence-electron chi connectivity index (χ4n) is 1.69. The third-order valence-corrected chi connectivity index (χ3v) is 2.59. The summed E-state index contributed by atoms with van der Waals surface area (Å²) >= 11 is 0. The van der Waals surface area contributed by atoms with E-state index in [-0.39, 0.29) is 13.2 Å². The summed E-state index contributed by atoms with van der Waals surface area (Å²) in [5, 5.41) is 31.2. The van der Waals surface area contributed by atoms with E-state index in [2.05, 4.69) is 11.9 Å². The molecule has 0 bridgehead atoms. The Hall–Kier alpha value is -0.500. The van der Waals surface area contributed by atoms with Gasteiger partial charge in [-0.3, -0.25) is 0 Å². The molecule has 16 heavy (non-hydrogen) atoms. The van der Waals surface area contributed by atoms with Crippen molar-refractivity contribution < 1.29 is 24.8 Å². The van der Waals surface area contributed by atoms with Crippen molar-refractivity contribution in [3.05, 3.63) is 12.7 Å². The second kappa shape index (κ2) is 6.29. The van der Waals surface area contributed by atoms with Gasteiger partial charge in [0.05, 0.1) is 19.3 Å². The molecule has 0 amide bonds. The Bertz CT molecular complexity index is 225. The summed E-state index contributed by atoms with van der Waals surface area (Å²) in [5.41, 5.74) is 0. The average Bonchev–Trinajstić information content (AvgIpc) is 2.30. The molecule has 0 radical (unpaired) electrons. The van der Waals surface area contributed by atoms with Crippen LogP contribution in [-0.4, -0.2) is 66.2 Å². The van der Waals surface area contributed by atoms with Crippen molar-refractivity contribution in [3.63, 3.8) is 0 Å². The number of hydrogen-bond donors (Lipinski definition) is 4. The topological polar surface area (TPSA) is 91.2 Å². The van der Waals surface area contributed by atoms with E-state index in [4.69, 9.17) is 14.6 Å². The lowest BCUT2D eigenvalue weighted by molar-refractivity contribution is -0.267. The van der Waals surface area contributed by atoms with Crippen LogP contribution in [0.5, 0.6) is 0 Å². The normalized spacial score (nSPS) is 39.6. The van der Waals surface area contributed by atoms with E-state index in [1.165, 1.54) is 0 Å². The van der Waals surface area contributed by atoms with Gasteiger partial charge in [-0.05, 0) is 7.05 Å². The second-order valence-electron chi connectivity index (χ2n) is 3.64. The Morgan fingerprint density at radius 1 is 1.44 bits per heavy atom. The summed E-state index contributed by atoms with van der Waals surface area (Å²) in [6.07, 6.45) is -2.19. The third kappa shape index (κ3) is 2.79. The van der Waals surface area contributed by atoms with Crippen molar-refractivity contribution in [2.24, 2.45) is 0 Å². The zero-order chi connectivity index (χ0) is 12.1. The number of rotatable bonds is 5. The highest BCUT2D eigenvalue weighted by Crippen LogP contribution is 2.21. The van der Waals surface area contributed by atoms with Crippen molar-refractivity contribution in [1.82, 2.24) is 5.32 Å². The van der Waals surface area contributed by atoms with Gasteiger partial charge >= 0.3 is 0 Å². The molecule has 1 aliphatic rings. The van der Waals surface area contributed by atoms with Crippen LogP contribution in [0.25, 0.3) is 0 Å². The van der Waals surface area contributed by atoms with Crippen LogP contribution in [0, 0.1) is 0 Å². The SMILES string of the molecule is C=CCOC1O[C@H](CO)[C@@H](O)[C@H](O)[C@H]1NC. The van der Waals surface area contributed by atoms with Gasteiger partial charge in [-0.1, -0.05) is 6.08 Å². The minimum absolute atomic E-state index is 0.268. The number of aliphatic hydroxyl groups excluding tert-OH is 3. The van der Waals surface area contributed by atoms with Gasteiger partial charge in [0.25, 0.3) is 0 Å². The number of aliphatic hydroxyl groups is 3. The first kappa shape index (κ1) is 13.6. The van der Waals surface area contributed by atoms with Gasteiger partial charge in [0.15, 0.2) is 6.29 Å². The molecule has 0 spiro atoms. The molecule has 6 heteroatoms. The second-order valence-corrected chi connectivity index (χ2v) is 3.64. The van der Waals surface area contributed by atoms with E-state index in [9.17, 15) is 10.2 Å². The molecule has 0 aliphatic carbocycles.